The number of carboxylic acids is 1. The van der Waals surface area contributed by atoms with Crippen molar-refractivity contribution in [2.75, 3.05) is 6.61 Å². The summed E-state index contributed by atoms with van der Waals surface area (Å²) in [6.07, 6.45) is 0.774. The summed E-state index contributed by atoms with van der Waals surface area (Å²) >= 11 is 0. The molecule has 1 atom stereocenters. The number of carbonyl (C=O) groups is 3. The van der Waals surface area contributed by atoms with E-state index in [-0.39, 0.29) is 19.3 Å². The van der Waals surface area contributed by atoms with Gasteiger partial charge in [-0.1, -0.05) is 12.1 Å². The molecule has 1 aliphatic rings. The Kier molecular flexibility index (Phi) is 4.98. The van der Waals surface area contributed by atoms with Crippen LogP contribution < -0.4 is 15.8 Å². The van der Waals surface area contributed by atoms with E-state index in [2.05, 4.69) is 5.32 Å². The zero-order chi connectivity index (χ0) is 16.1. The predicted molar refractivity (Wildman–Crippen MR) is 77.3 cm³/mol. The highest BCUT2D eigenvalue weighted by molar-refractivity contribution is 5.85. The number of nitrogens with one attached hydrogen (secondary N) is 1. The number of nitrogens with two attached hydrogens (primary N) is 1. The second-order valence-corrected chi connectivity index (χ2v) is 5.18. The largest absolute Gasteiger partial charge is 0.493 e. The first kappa shape index (κ1) is 15.8. The Bertz CT molecular complexity index is 600. The van der Waals surface area contributed by atoms with Gasteiger partial charge < -0.3 is 20.9 Å². The van der Waals surface area contributed by atoms with Crippen LogP contribution in [0.25, 0.3) is 0 Å². The number of hydrogen-bond acceptors (Lipinski definition) is 4. The summed E-state index contributed by atoms with van der Waals surface area (Å²) in [4.78, 5) is 33.7. The Morgan fingerprint density at radius 2 is 2.14 bits per heavy atom. The first-order valence-corrected chi connectivity index (χ1v) is 7.01. The van der Waals surface area contributed by atoms with Gasteiger partial charge in [0.2, 0.25) is 11.8 Å². The molecule has 2 amide bonds. The van der Waals surface area contributed by atoms with E-state index in [4.69, 9.17) is 15.6 Å². The van der Waals surface area contributed by atoms with Gasteiger partial charge in [0.05, 0.1) is 13.0 Å². The smallest absolute Gasteiger partial charge is 0.326 e. The highest BCUT2D eigenvalue weighted by Gasteiger charge is 2.21. The van der Waals surface area contributed by atoms with Crippen LogP contribution in [-0.2, 0) is 27.2 Å². The van der Waals surface area contributed by atoms with Crippen LogP contribution in [0.4, 0.5) is 0 Å². The number of amides is 2. The molecule has 1 aromatic rings. The molecule has 22 heavy (non-hydrogen) atoms. The summed E-state index contributed by atoms with van der Waals surface area (Å²) < 4.78 is 5.39. The Labute approximate surface area is 127 Å². The van der Waals surface area contributed by atoms with Crippen molar-refractivity contribution in [3.63, 3.8) is 0 Å². The van der Waals surface area contributed by atoms with E-state index in [0.29, 0.717) is 6.61 Å². The Hall–Kier alpha value is -2.57. The van der Waals surface area contributed by atoms with E-state index in [1.54, 1.807) is 6.07 Å². The summed E-state index contributed by atoms with van der Waals surface area (Å²) in [6.45, 7) is 0.638. The maximum absolute atomic E-state index is 12.0. The van der Waals surface area contributed by atoms with Crippen molar-refractivity contribution >= 4 is 17.8 Å². The highest BCUT2D eigenvalue weighted by Crippen LogP contribution is 2.25. The standard InChI is InChI=1S/C15H18N2O5/c16-13(18)4-2-11(15(20)21)17-14(19)8-9-1-3-12-10(7-9)5-6-22-12/h1,3,7,11H,2,4-6,8H2,(H2,16,18)(H,17,19)(H,20,21)/t11-/m0/s1. The number of rotatable bonds is 7. The molecule has 0 fully saturated rings. The van der Waals surface area contributed by atoms with Gasteiger partial charge in [0.1, 0.15) is 11.8 Å². The van der Waals surface area contributed by atoms with Gasteiger partial charge in [-0.2, -0.15) is 0 Å². The molecule has 0 unspecified atom stereocenters. The average molecular weight is 306 g/mol. The minimum absolute atomic E-state index is 0.0194. The van der Waals surface area contributed by atoms with E-state index in [1.807, 2.05) is 12.1 Å². The van der Waals surface area contributed by atoms with Gasteiger partial charge in [-0.3, -0.25) is 9.59 Å². The highest BCUT2D eigenvalue weighted by atomic mass is 16.5. The number of ether oxygens (including phenoxy) is 1. The number of carbonyl (C=O) groups excluding carboxylic acids is 2. The molecule has 1 heterocycles. The fourth-order valence-corrected chi connectivity index (χ4v) is 2.32. The third kappa shape index (κ3) is 4.21. The van der Waals surface area contributed by atoms with Crippen molar-refractivity contribution in [3.8, 4) is 5.75 Å². The van der Waals surface area contributed by atoms with E-state index in [1.165, 1.54) is 0 Å². The fraction of sp³-hybridized carbons (Fsp3) is 0.400. The Morgan fingerprint density at radius 3 is 2.82 bits per heavy atom. The van der Waals surface area contributed by atoms with Crippen molar-refractivity contribution in [3.05, 3.63) is 29.3 Å². The molecule has 1 aromatic carbocycles. The molecular weight excluding hydrogens is 288 g/mol. The van der Waals surface area contributed by atoms with Gasteiger partial charge in [-0.05, 0) is 23.6 Å². The Balaban J connectivity index is 1.93. The average Bonchev–Trinajstić information content (AvgIpc) is 2.90. The van der Waals surface area contributed by atoms with Gasteiger partial charge in [-0.15, -0.1) is 0 Å². The van der Waals surface area contributed by atoms with Crippen molar-refractivity contribution in [1.29, 1.82) is 0 Å². The van der Waals surface area contributed by atoms with Gasteiger partial charge in [0.25, 0.3) is 0 Å². The molecule has 4 N–H and O–H groups in total. The lowest BCUT2D eigenvalue weighted by Gasteiger charge is -2.14. The summed E-state index contributed by atoms with van der Waals surface area (Å²) in [5.41, 5.74) is 6.83. The zero-order valence-corrected chi connectivity index (χ0v) is 12.0. The van der Waals surface area contributed by atoms with E-state index < -0.39 is 23.8 Å². The Morgan fingerprint density at radius 1 is 1.36 bits per heavy atom. The van der Waals surface area contributed by atoms with Crippen molar-refractivity contribution in [1.82, 2.24) is 5.32 Å². The lowest BCUT2D eigenvalue weighted by Crippen LogP contribution is -2.42. The molecule has 0 saturated carbocycles. The van der Waals surface area contributed by atoms with Crippen LogP contribution in [0.5, 0.6) is 5.75 Å². The summed E-state index contributed by atoms with van der Waals surface area (Å²) in [5, 5.41) is 11.5. The second-order valence-electron chi connectivity index (χ2n) is 5.18. The first-order chi connectivity index (χ1) is 10.5. The minimum atomic E-state index is -1.18. The predicted octanol–water partition coefficient (Wildman–Crippen LogP) is -0.00110. The number of hydrogen-bond donors (Lipinski definition) is 3. The SMILES string of the molecule is NC(=O)CC[C@H](NC(=O)Cc1ccc2c(c1)CCO2)C(=O)O. The molecule has 0 bridgehead atoms. The number of carboxylic acid groups (broad SMARTS) is 1. The maximum atomic E-state index is 12.0. The van der Waals surface area contributed by atoms with Crippen LogP contribution in [0.3, 0.4) is 0 Å². The maximum Gasteiger partial charge on any atom is 0.326 e. The fourth-order valence-electron chi connectivity index (χ4n) is 2.32. The molecule has 7 heteroatoms. The molecule has 118 valence electrons. The van der Waals surface area contributed by atoms with Crippen LogP contribution in [0, 0.1) is 0 Å². The third-order valence-electron chi connectivity index (χ3n) is 3.43. The molecule has 0 aliphatic carbocycles. The van der Waals surface area contributed by atoms with Gasteiger partial charge in [0.15, 0.2) is 0 Å². The van der Waals surface area contributed by atoms with Crippen LogP contribution >= 0.6 is 0 Å². The quantitative estimate of drug-likeness (QED) is 0.655. The normalized spacial score (nSPS) is 13.8. The van der Waals surface area contributed by atoms with Crippen LogP contribution in [0.1, 0.15) is 24.0 Å². The van der Waals surface area contributed by atoms with Gasteiger partial charge in [0, 0.05) is 12.8 Å². The van der Waals surface area contributed by atoms with E-state index in [0.717, 1.165) is 23.3 Å². The van der Waals surface area contributed by atoms with Crippen LogP contribution in [-0.4, -0.2) is 35.5 Å². The van der Waals surface area contributed by atoms with Gasteiger partial charge >= 0.3 is 5.97 Å². The van der Waals surface area contributed by atoms with E-state index in [9.17, 15) is 14.4 Å². The molecular formula is C15H18N2O5. The number of fused-ring (bicyclic) bond motifs is 1. The lowest BCUT2D eigenvalue weighted by molar-refractivity contribution is -0.142. The second kappa shape index (κ2) is 6.93. The summed E-state index contributed by atoms with van der Waals surface area (Å²) in [7, 11) is 0. The number of primary amides is 1. The minimum Gasteiger partial charge on any atom is -0.493 e. The molecule has 0 radical (unpaired) electrons. The third-order valence-corrected chi connectivity index (χ3v) is 3.43. The van der Waals surface area contributed by atoms with Crippen molar-refractivity contribution < 1.29 is 24.2 Å². The topological polar surface area (TPSA) is 119 Å². The number of benzene rings is 1. The van der Waals surface area contributed by atoms with Crippen LogP contribution in [0.2, 0.25) is 0 Å². The summed E-state index contributed by atoms with van der Waals surface area (Å²) in [5.74, 6) is -1.36. The van der Waals surface area contributed by atoms with Crippen LogP contribution in [0.15, 0.2) is 18.2 Å². The van der Waals surface area contributed by atoms with E-state index >= 15 is 0 Å². The molecule has 0 aromatic heterocycles. The van der Waals surface area contributed by atoms with Gasteiger partial charge in [-0.25, -0.2) is 4.79 Å². The molecule has 1 aliphatic heterocycles. The molecule has 2 rings (SSSR count). The monoisotopic (exact) mass is 306 g/mol. The molecule has 0 spiro atoms. The van der Waals surface area contributed by atoms with Crippen molar-refractivity contribution in [2.45, 2.75) is 31.7 Å². The number of aliphatic carboxylic acids is 1. The first-order valence-electron chi connectivity index (χ1n) is 7.01. The molecule has 7 nitrogen and oxygen atoms in total. The zero-order valence-electron chi connectivity index (χ0n) is 12.0. The summed E-state index contributed by atoms with van der Waals surface area (Å²) in [6, 6.07) is 4.37. The lowest BCUT2D eigenvalue weighted by atomic mass is 10.1. The molecule has 0 saturated heterocycles. The van der Waals surface area contributed by atoms with Crippen molar-refractivity contribution in [2.24, 2.45) is 5.73 Å².